The molecule has 1 amide bonds. The van der Waals surface area contributed by atoms with Crippen molar-refractivity contribution in [3.05, 3.63) is 29.8 Å². The highest BCUT2D eigenvalue weighted by molar-refractivity contribution is 5.95. The average molecular weight is 370 g/mol. The summed E-state index contributed by atoms with van der Waals surface area (Å²) in [5.41, 5.74) is -2.33. The molecule has 1 aromatic rings. The van der Waals surface area contributed by atoms with E-state index in [4.69, 9.17) is 4.74 Å². The summed E-state index contributed by atoms with van der Waals surface area (Å²) in [6, 6.07) is 6.87. The van der Waals surface area contributed by atoms with Crippen molar-refractivity contribution >= 4 is 11.6 Å². The number of amides is 1. The summed E-state index contributed by atoms with van der Waals surface area (Å²) >= 11 is 0. The number of para-hydroxylation sites is 1. The molecule has 3 rings (SSSR count). The van der Waals surface area contributed by atoms with Gasteiger partial charge in [0.2, 0.25) is 0 Å². The molecule has 1 heterocycles. The van der Waals surface area contributed by atoms with E-state index >= 15 is 0 Å². The summed E-state index contributed by atoms with van der Waals surface area (Å²) in [7, 11) is 0. The number of alkyl halides is 3. The van der Waals surface area contributed by atoms with Crippen LogP contribution in [0.1, 0.15) is 31.7 Å². The molecule has 8 heteroatoms. The number of carbonyl (C=O) groups is 1. The van der Waals surface area contributed by atoms with Gasteiger partial charge in [-0.25, -0.2) is 0 Å². The normalized spacial score (nSPS) is 28.5. The highest BCUT2D eigenvalue weighted by atomic mass is 19.4. The molecule has 1 saturated carbocycles. The molecule has 1 aliphatic heterocycles. The van der Waals surface area contributed by atoms with E-state index in [1.165, 1.54) is 0 Å². The highest BCUT2D eigenvalue weighted by Crippen LogP contribution is 2.49. The molecule has 0 radical (unpaired) electrons. The van der Waals surface area contributed by atoms with Crippen molar-refractivity contribution in [1.82, 2.24) is 5.01 Å². The molecule has 1 aromatic carbocycles. The van der Waals surface area contributed by atoms with Gasteiger partial charge in [0.05, 0.1) is 5.92 Å². The van der Waals surface area contributed by atoms with Gasteiger partial charge >= 0.3 is 6.18 Å². The summed E-state index contributed by atoms with van der Waals surface area (Å²) in [4.78, 5) is 12.5. The second-order valence-electron chi connectivity index (χ2n) is 6.89. The zero-order chi connectivity index (χ0) is 19.1. The Kier molecular flexibility index (Phi) is 4.72. The number of halogens is 3. The van der Waals surface area contributed by atoms with Crippen LogP contribution in [0.25, 0.3) is 0 Å². The van der Waals surface area contributed by atoms with Crippen molar-refractivity contribution in [2.45, 2.75) is 45.0 Å². The zero-order valence-corrected chi connectivity index (χ0v) is 14.6. The molecular formula is C18H21F3N2O3. The molecule has 0 spiro atoms. The van der Waals surface area contributed by atoms with Gasteiger partial charge in [-0.05, 0) is 37.3 Å². The predicted octanol–water partition coefficient (Wildman–Crippen LogP) is 3.26. The lowest BCUT2D eigenvalue weighted by molar-refractivity contribution is -0.317. The van der Waals surface area contributed by atoms with Crippen LogP contribution in [0.15, 0.2) is 29.4 Å². The van der Waals surface area contributed by atoms with Crippen molar-refractivity contribution in [2.24, 2.45) is 16.9 Å². The van der Waals surface area contributed by atoms with E-state index in [-0.39, 0.29) is 23.1 Å². The van der Waals surface area contributed by atoms with Crippen LogP contribution in [0.2, 0.25) is 0 Å². The van der Waals surface area contributed by atoms with Crippen molar-refractivity contribution < 1.29 is 27.8 Å². The predicted molar refractivity (Wildman–Crippen MR) is 88.5 cm³/mol. The summed E-state index contributed by atoms with van der Waals surface area (Å²) in [5.74, 6) is -2.07. The van der Waals surface area contributed by atoms with E-state index in [9.17, 15) is 23.1 Å². The number of aliphatic hydroxyl groups is 1. The van der Waals surface area contributed by atoms with E-state index in [2.05, 4.69) is 5.10 Å². The second kappa shape index (κ2) is 6.57. The molecule has 0 saturated heterocycles. The molecule has 1 N–H and O–H groups in total. The number of hydrogen-bond acceptors (Lipinski definition) is 4. The number of rotatable bonds is 3. The molecule has 1 fully saturated rings. The summed E-state index contributed by atoms with van der Waals surface area (Å²) in [6.45, 7) is 2.89. The maximum absolute atomic E-state index is 13.7. The van der Waals surface area contributed by atoms with Crippen LogP contribution in [-0.2, 0) is 4.79 Å². The lowest BCUT2D eigenvalue weighted by Crippen LogP contribution is -2.62. The first kappa shape index (κ1) is 18.7. The molecule has 1 aliphatic carbocycles. The van der Waals surface area contributed by atoms with Crippen molar-refractivity contribution in [2.75, 3.05) is 6.61 Å². The maximum Gasteiger partial charge on any atom is 0.439 e. The largest absolute Gasteiger partial charge is 0.483 e. The van der Waals surface area contributed by atoms with E-state index in [1.54, 1.807) is 38.1 Å². The lowest BCUT2D eigenvalue weighted by atomic mass is 9.75. The fourth-order valence-electron chi connectivity index (χ4n) is 3.66. The van der Waals surface area contributed by atoms with Gasteiger partial charge in [0.25, 0.3) is 11.6 Å². The third-order valence-electron chi connectivity index (χ3n) is 5.11. The Hall–Kier alpha value is -2.09. The van der Waals surface area contributed by atoms with Crippen LogP contribution in [0.4, 0.5) is 13.2 Å². The Balaban J connectivity index is 1.86. The number of hydrazone groups is 1. The van der Waals surface area contributed by atoms with Gasteiger partial charge in [-0.2, -0.15) is 23.3 Å². The van der Waals surface area contributed by atoms with Crippen molar-refractivity contribution in [3.8, 4) is 5.75 Å². The molecule has 0 unspecified atom stereocenters. The van der Waals surface area contributed by atoms with Gasteiger partial charge in [-0.15, -0.1) is 0 Å². The van der Waals surface area contributed by atoms with Gasteiger partial charge in [-0.1, -0.05) is 31.5 Å². The standard InChI is InChI=1S/C18H21F3N2O3/c1-11-6-3-4-9-14(11)26-10-15(24)23-17(25,18(19,20)21)13-8-5-7-12(2)16(13)22-23/h3-4,6,9,12-13,25H,5,7-8,10H2,1-2H3/t12-,13-,17+/m1/s1. The van der Waals surface area contributed by atoms with Gasteiger partial charge in [0.1, 0.15) is 5.75 Å². The molecule has 0 aromatic heterocycles. The van der Waals surface area contributed by atoms with Crippen LogP contribution in [0, 0.1) is 18.8 Å². The van der Waals surface area contributed by atoms with E-state index in [1.807, 2.05) is 0 Å². The third kappa shape index (κ3) is 2.96. The van der Waals surface area contributed by atoms with Crippen LogP contribution in [0.3, 0.4) is 0 Å². The second-order valence-corrected chi connectivity index (χ2v) is 6.89. The van der Waals surface area contributed by atoms with Gasteiger partial charge in [0.15, 0.2) is 6.61 Å². The number of ether oxygens (including phenoxy) is 1. The summed E-state index contributed by atoms with van der Waals surface area (Å²) < 4.78 is 46.5. The topological polar surface area (TPSA) is 62.1 Å². The highest BCUT2D eigenvalue weighted by Gasteiger charge is 2.69. The molecule has 142 valence electrons. The number of hydrogen-bond donors (Lipinski definition) is 1. The zero-order valence-electron chi connectivity index (χ0n) is 14.6. The van der Waals surface area contributed by atoms with Crippen LogP contribution < -0.4 is 4.74 Å². The number of benzene rings is 1. The van der Waals surface area contributed by atoms with Crippen LogP contribution in [0.5, 0.6) is 5.75 Å². The minimum absolute atomic E-state index is 0.140. The molecule has 2 aliphatic rings. The molecule has 0 bridgehead atoms. The lowest BCUT2D eigenvalue weighted by Gasteiger charge is -2.38. The third-order valence-corrected chi connectivity index (χ3v) is 5.11. The summed E-state index contributed by atoms with van der Waals surface area (Å²) in [5, 5.41) is 14.6. The first-order valence-corrected chi connectivity index (χ1v) is 8.55. The van der Waals surface area contributed by atoms with E-state index < -0.39 is 30.3 Å². The Labute approximate surface area is 149 Å². The Morgan fingerprint density at radius 3 is 2.73 bits per heavy atom. The number of nitrogens with zero attached hydrogens (tertiary/aromatic N) is 2. The number of carbonyl (C=O) groups excluding carboxylic acids is 1. The Morgan fingerprint density at radius 1 is 1.38 bits per heavy atom. The first-order chi connectivity index (χ1) is 12.2. The molecule has 26 heavy (non-hydrogen) atoms. The van der Waals surface area contributed by atoms with E-state index in [0.29, 0.717) is 18.6 Å². The first-order valence-electron chi connectivity index (χ1n) is 8.55. The monoisotopic (exact) mass is 370 g/mol. The molecule has 3 atom stereocenters. The van der Waals surface area contributed by atoms with Gasteiger partial charge in [0, 0.05) is 5.71 Å². The Bertz CT molecular complexity index is 735. The Morgan fingerprint density at radius 2 is 2.08 bits per heavy atom. The van der Waals surface area contributed by atoms with Gasteiger partial charge in [-0.3, -0.25) is 4.79 Å². The fourth-order valence-corrected chi connectivity index (χ4v) is 3.66. The fraction of sp³-hybridized carbons (Fsp3) is 0.556. The number of aryl methyl sites for hydroxylation is 1. The van der Waals surface area contributed by atoms with Crippen LogP contribution in [-0.4, -0.2) is 40.2 Å². The minimum atomic E-state index is -5.02. The quantitative estimate of drug-likeness (QED) is 0.888. The van der Waals surface area contributed by atoms with Crippen molar-refractivity contribution in [1.29, 1.82) is 0 Å². The average Bonchev–Trinajstić information content (AvgIpc) is 2.90. The smallest absolute Gasteiger partial charge is 0.439 e. The van der Waals surface area contributed by atoms with Crippen LogP contribution >= 0.6 is 0 Å². The van der Waals surface area contributed by atoms with Crippen molar-refractivity contribution in [3.63, 3.8) is 0 Å². The SMILES string of the molecule is Cc1ccccc1OCC(=O)N1N=C2[C@H](C)CCC[C@H]2[C@]1(O)C(F)(F)F. The minimum Gasteiger partial charge on any atom is -0.483 e. The maximum atomic E-state index is 13.7. The summed E-state index contributed by atoms with van der Waals surface area (Å²) in [6.07, 6.45) is -3.64. The van der Waals surface area contributed by atoms with Gasteiger partial charge < -0.3 is 9.84 Å². The molecular weight excluding hydrogens is 349 g/mol. The number of fused-ring (bicyclic) bond motifs is 1. The molecule has 5 nitrogen and oxygen atoms in total. The van der Waals surface area contributed by atoms with E-state index in [0.717, 1.165) is 5.56 Å².